The molecular weight excluding hydrogens is 937 g/mol. The van der Waals surface area contributed by atoms with Crippen molar-refractivity contribution < 1.29 is 18.9 Å². The fourth-order valence-corrected chi connectivity index (χ4v) is 9.68. The number of hydrogen-bond acceptors (Lipinski definition) is 8. The van der Waals surface area contributed by atoms with Crippen molar-refractivity contribution in [2.24, 2.45) is 0 Å². The van der Waals surface area contributed by atoms with Crippen molar-refractivity contribution in [3.05, 3.63) is 115 Å². The van der Waals surface area contributed by atoms with Crippen LogP contribution < -0.4 is 40.2 Å². The Morgan fingerprint density at radius 3 is 0.526 bits per heavy atom. The van der Waals surface area contributed by atoms with Crippen LogP contribution in [-0.2, 0) is 47.3 Å². The van der Waals surface area contributed by atoms with Gasteiger partial charge in [-0.25, -0.2) is 0 Å². The maximum Gasteiger partial charge on any atom is 0.126 e. The summed E-state index contributed by atoms with van der Waals surface area (Å²) in [7, 11) is 0. The van der Waals surface area contributed by atoms with E-state index in [1.165, 1.54) is 22.3 Å². The van der Waals surface area contributed by atoms with Crippen LogP contribution in [-0.4, -0.2) is 74.8 Å². The summed E-state index contributed by atoms with van der Waals surface area (Å²) >= 11 is 0. The maximum absolute atomic E-state index is 7.24. The summed E-state index contributed by atoms with van der Waals surface area (Å²) in [6.45, 7) is 59.5. The first-order valence-electron chi connectivity index (χ1n) is 28.8. The fraction of sp³-hybridized carbons (Fsp3) is 0.647. The highest BCUT2D eigenvalue weighted by Crippen LogP contribution is 2.44. The quantitative estimate of drug-likeness (QED) is 0.0728. The molecule has 0 saturated carbocycles. The standard InChI is InChI=1S/C68H108N4O4/c1-61(2,3)53-37-45-33-47-39-54(62(4,5)6)41-49(58(47)74-30-26-70-66(16,17)18)35-51-43-56(64(10,11)12)44-52(60(51)76-32-28-72-68(22,23)24)36-50-42-55(63(7,8)9)40-48(59(50)75-31-27-71-67(19,20)21)34-46(38-53)57(45)73-29-25-69-65(13,14)15/h37-44,69-72H,25-36H2,1-24H3. The minimum absolute atomic E-state index is 0.0495. The zero-order valence-corrected chi connectivity index (χ0v) is 52.7. The lowest BCUT2D eigenvalue weighted by atomic mass is 9.79. The van der Waals surface area contributed by atoms with E-state index in [0.29, 0.717) is 78.3 Å². The minimum atomic E-state index is -0.143. The number of ether oxygens (including phenoxy) is 4. The summed E-state index contributed by atoms with van der Waals surface area (Å²) in [6.07, 6.45) is 2.51. The van der Waals surface area contributed by atoms with Crippen LogP contribution in [0.4, 0.5) is 0 Å². The first-order chi connectivity index (χ1) is 34.7. The third kappa shape index (κ3) is 19.1. The van der Waals surface area contributed by atoms with E-state index in [1.54, 1.807) is 0 Å². The van der Waals surface area contributed by atoms with Crippen LogP contribution in [0.1, 0.15) is 233 Å². The van der Waals surface area contributed by atoms with E-state index < -0.39 is 0 Å². The molecule has 0 saturated heterocycles. The zero-order chi connectivity index (χ0) is 57.0. The molecule has 0 amide bonds. The van der Waals surface area contributed by atoms with E-state index in [9.17, 15) is 0 Å². The van der Waals surface area contributed by atoms with Crippen molar-refractivity contribution in [3.63, 3.8) is 0 Å². The van der Waals surface area contributed by atoms with Gasteiger partial charge in [0.15, 0.2) is 0 Å². The molecule has 8 heteroatoms. The van der Waals surface area contributed by atoms with Gasteiger partial charge in [0, 0.05) is 74.0 Å². The van der Waals surface area contributed by atoms with E-state index in [-0.39, 0.29) is 43.8 Å². The van der Waals surface area contributed by atoms with Gasteiger partial charge in [-0.3, -0.25) is 0 Å². The Balaban J connectivity index is 1.99. The lowest BCUT2D eigenvalue weighted by Crippen LogP contribution is -2.38. The highest BCUT2D eigenvalue weighted by molar-refractivity contribution is 5.60. The van der Waals surface area contributed by atoms with Crippen LogP contribution >= 0.6 is 0 Å². The predicted octanol–water partition coefficient (Wildman–Crippen LogP) is 14.6. The van der Waals surface area contributed by atoms with Crippen molar-refractivity contribution in [1.82, 2.24) is 21.3 Å². The van der Waals surface area contributed by atoms with Crippen molar-refractivity contribution in [2.75, 3.05) is 52.6 Å². The fourth-order valence-electron chi connectivity index (χ4n) is 9.68. The minimum Gasteiger partial charge on any atom is -0.492 e. The van der Waals surface area contributed by atoms with Gasteiger partial charge in [-0.05, 0) is 172 Å². The molecule has 8 bridgehead atoms. The van der Waals surface area contributed by atoms with Gasteiger partial charge >= 0.3 is 0 Å². The second kappa shape index (κ2) is 24.1. The maximum atomic E-state index is 7.24. The molecule has 4 N–H and O–H groups in total. The summed E-state index contributed by atoms with van der Waals surface area (Å²) in [5.41, 5.74) is 13.6. The molecule has 0 atom stereocenters. The Morgan fingerprint density at radius 2 is 0.408 bits per heavy atom. The molecule has 76 heavy (non-hydrogen) atoms. The van der Waals surface area contributed by atoms with E-state index in [0.717, 1.165) is 67.5 Å². The van der Waals surface area contributed by atoms with Gasteiger partial charge in [-0.2, -0.15) is 0 Å². The van der Waals surface area contributed by atoms with Crippen molar-refractivity contribution >= 4 is 0 Å². The summed E-state index contributed by atoms with van der Waals surface area (Å²) in [5.74, 6) is 3.78. The smallest absolute Gasteiger partial charge is 0.126 e. The van der Waals surface area contributed by atoms with E-state index in [1.807, 2.05) is 0 Å². The molecule has 0 spiro atoms. The number of rotatable bonds is 16. The molecule has 0 aromatic heterocycles. The van der Waals surface area contributed by atoms with Gasteiger partial charge in [0.2, 0.25) is 0 Å². The summed E-state index contributed by atoms with van der Waals surface area (Å²) < 4.78 is 29.0. The Morgan fingerprint density at radius 1 is 0.263 bits per heavy atom. The molecule has 4 aromatic rings. The van der Waals surface area contributed by atoms with Gasteiger partial charge in [-0.1, -0.05) is 132 Å². The third-order valence-corrected chi connectivity index (χ3v) is 14.0. The van der Waals surface area contributed by atoms with Crippen molar-refractivity contribution in [3.8, 4) is 23.0 Å². The average molecular weight is 1050 g/mol. The normalized spacial score (nSPS) is 14.2. The topological polar surface area (TPSA) is 85.0 Å². The van der Waals surface area contributed by atoms with E-state index in [4.69, 9.17) is 18.9 Å². The van der Waals surface area contributed by atoms with Crippen molar-refractivity contribution in [2.45, 2.75) is 236 Å². The van der Waals surface area contributed by atoms with Crippen molar-refractivity contribution in [1.29, 1.82) is 0 Å². The second-order valence-corrected chi connectivity index (χ2v) is 30.3. The van der Waals surface area contributed by atoms with Crippen LogP contribution in [0.5, 0.6) is 23.0 Å². The molecule has 1 aliphatic carbocycles. The molecule has 0 unspecified atom stereocenters. The first kappa shape index (κ1) is 62.8. The monoisotopic (exact) mass is 1040 g/mol. The molecule has 0 fully saturated rings. The molecule has 5 rings (SSSR count). The first-order valence-corrected chi connectivity index (χ1v) is 28.8. The Bertz CT molecular complexity index is 2120. The Kier molecular flexibility index (Phi) is 19.9. The SMILES string of the molecule is CC(C)(C)NCCOc1c2cc(C(C)(C)C)cc1Cc1cc(C(C)(C)C)cc(c1OCCNC(C)(C)C)Cc1cc(C(C)(C)C)cc(c1OCCNC(C)(C)C)Cc1cc(C(C)(C)C)cc(c1OCCNC(C)(C)C)C2. The molecule has 0 heterocycles. The van der Waals surface area contributed by atoms with Crippen LogP contribution in [0, 0.1) is 0 Å². The van der Waals surface area contributed by atoms with E-state index >= 15 is 0 Å². The molecular formula is C68H108N4O4. The molecule has 0 aliphatic heterocycles. The summed E-state index contributed by atoms with van der Waals surface area (Å²) in [4.78, 5) is 0. The summed E-state index contributed by atoms with van der Waals surface area (Å²) in [6, 6.07) is 19.4. The number of nitrogens with one attached hydrogen (secondary N) is 4. The average Bonchev–Trinajstić information content (AvgIpc) is 3.23. The van der Waals surface area contributed by atoms with Crippen LogP contribution in [0.2, 0.25) is 0 Å². The lowest BCUT2D eigenvalue weighted by molar-refractivity contribution is 0.281. The van der Waals surface area contributed by atoms with Crippen LogP contribution in [0.3, 0.4) is 0 Å². The van der Waals surface area contributed by atoms with Gasteiger partial charge in [0.25, 0.3) is 0 Å². The van der Waals surface area contributed by atoms with Crippen LogP contribution in [0.15, 0.2) is 48.5 Å². The lowest BCUT2D eigenvalue weighted by Gasteiger charge is -2.30. The van der Waals surface area contributed by atoms with Gasteiger partial charge < -0.3 is 40.2 Å². The molecule has 0 radical (unpaired) electrons. The number of hydrogen-bond donors (Lipinski definition) is 4. The van der Waals surface area contributed by atoms with E-state index in [2.05, 4.69) is 236 Å². The number of benzene rings is 4. The van der Waals surface area contributed by atoms with Gasteiger partial charge in [0.1, 0.15) is 49.4 Å². The second-order valence-electron chi connectivity index (χ2n) is 30.3. The molecule has 1 aliphatic rings. The van der Waals surface area contributed by atoms with Crippen LogP contribution in [0.25, 0.3) is 0 Å². The third-order valence-electron chi connectivity index (χ3n) is 14.0. The predicted molar refractivity (Wildman–Crippen MR) is 325 cm³/mol. The Labute approximate surface area is 464 Å². The number of fused-ring (bicyclic) bond motifs is 8. The molecule has 424 valence electrons. The highest BCUT2D eigenvalue weighted by Gasteiger charge is 2.30. The zero-order valence-electron chi connectivity index (χ0n) is 52.7. The van der Waals surface area contributed by atoms with Gasteiger partial charge in [-0.15, -0.1) is 0 Å². The summed E-state index contributed by atoms with van der Waals surface area (Å²) in [5, 5.41) is 14.8. The van der Waals surface area contributed by atoms with Gasteiger partial charge in [0.05, 0.1) is 0 Å². The largest absolute Gasteiger partial charge is 0.492 e. The highest BCUT2D eigenvalue weighted by atomic mass is 16.5. The molecule has 4 aromatic carbocycles. The molecule has 8 nitrogen and oxygen atoms in total. The Hall–Kier alpha value is -4.08.